The summed E-state index contributed by atoms with van der Waals surface area (Å²) in [5.74, 6) is 1.56. The maximum absolute atomic E-state index is 5.38. The SMILES string of the molecule is CN=C(NCCC1=CCCCC1)NCC1CCOC1. The molecule has 1 aliphatic heterocycles. The Balaban J connectivity index is 1.60. The molecule has 0 aromatic rings. The first-order valence-corrected chi connectivity index (χ1v) is 7.58. The van der Waals surface area contributed by atoms with E-state index in [0.29, 0.717) is 5.92 Å². The van der Waals surface area contributed by atoms with E-state index in [9.17, 15) is 0 Å². The minimum Gasteiger partial charge on any atom is -0.381 e. The van der Waals surface area contributed by atoms with Gasteiger partial charge in [0.25, 0.3) is 0 Å². The Hall–Kier alpha value is -1.03. The second kappa shape index (κ2) is 8.20. The van der Waals surface area contributed by atoms with Crippen LogP contribution in [-0.2, 0) is 4.74 Å². The van der Waals surface area contributed by atoms with Crippen LogP contribution >= 0.6 is 0 Å². The van der Waals surface area contributed by atoms with Gasteiger partial charge in [-0.05, 0) is 38.5 Å². The molecule has 0 bridgehead atoms. The third-order valence-electron chi connectivity index (χ3n) is 3.93. The van der Waals surface area contributed by atoms with Crippen molar-refractivity contribution in [2.75, 3.05) is 33.4 Å². The van der Waals surface area contributed by atoms with Gasteiger partial charge in [0.05, 0.1) is 6.61 Å². The number of nitrogens with one attached hydrogen (secondary N) is 2. The summed E-state index contributed by atoms with van der Waals surface area (Å²) in [7, 11) is 1.83. The number of rotatable bonds is 5. The second-order valence-corrected chi connectivity index (χ2v) is 5.47. The molecule has 0 aromatic heterocycles. The van der Waals surface area contributed by atoms with Crippen LogP contribution < -0.4 is 10.6 Å². The Morgan fingerprint density at radius 2 is 2.37 bits per heavy atom. The molecule has 1 saturated heterocycles. The zero-order valence-corrected chi connectivity index (χ0v) is 12.1. The van der Waals surface area contributed by atoms with Crippen molar-refractivity contribution in [3.8, 4) is 0 Å². The lowest BCUT2D eigenvalue weighted by molar-refractivity contribution is 0.186. The van der Waals surface area contributed by atoms with Crippen molar-refractivity contribution in [3.05, 3.63) is 11.6 Å². The lowest BCUT2D eigenvalue weighted by Crippen LogP contribution is -2.40. The molecule has 0 aromatic carbocycles. The number of allylic oxidation sites excluding steroid dienone is 1. The average molecular weight is 265 g/mol. The first kappa shape index (κ1) is 14.4. The molecule has 1 fully saturated rings. The summed E-state index contributed by atoms with van der Waals surface area (Å²) in [6.45, 7) is 3.73. The van der Waals surface area contributed by atoms with E-state index in [1.54, 1.807) is 5.57 Å². The summed E-state index contributed by atoms with van der Waals surface area (Å²) in [4.78, 5) is 4.27. The smallest absolute Gasteiger partial charge is 0.190 e. The molecular formula is C15H27N3O. The lowest BCUT2D eigenvalue weighted by Gasteiger charge is -2.16. The van der Waals surface area contributed by atoms with Crippen LogP contribution in [0.1, 0.15) is 38.5 Å². The van der Waals surface area contributed by atoms with Crippen molar-refractivity contribution in [2.24, 2.45) is 10.9 Å². The second-order valence-electron chi connectivity index (χ2n) is 5.47. The Morgan fingerprint density at radius 1 is 1.42 bits per heavy atom. The molecule has 0 spiro atoms. The van der Waals surface area contributed by atoms with Gasteiger partial charge in [0, 0.05) is 32.7 Å². The van der Waals surface area contributed by atoms with Gasteiger partial charge < -0.3 is 15.4 Å². The minimum atomic E-state index is 0.639. The van der Waals surface area contributed by atoms with Gasteiger partial charge in [-0.2, -0.15) is 0 Å². The van der Waals surface area contributed by atoms with Crippen LogP contribution in [0.2, 0.25) is 0 Å². The van der Waals surface area contributed by atoms with E-state index in [0.717, 1.165) is 45.1 Å². The molecule has 0 amide bonds. The van der Waals surface area contributed by atoms with Gasteiger partial charge in [0.15, 0.2) is 5.96 Å². The number of guanidine groups is 1. The van der Waals surface area contributed by atoms with Crippen LogP contribution in [0.5, 0.6) is 0 Å². The fraction of sp³-hybridized carbons (Fsp3) is 0.800. The van der Waals surface area contributed by atoms with E-state index < -0.39 is 0 Å². The van der Waals surface area contributed by atoms with Crippen LogP contribution in [0.15, 0.2) is 16.6 Å². The Bertz CT molecular complexity index is 319. The summed E-state index contributed by atoms with van der Waals surface area (Å²) in [5.41, 5.74) is 1.61. The van der Waals surface area contributed by atoms with Crippen LogP contribution in [-0.4, -0.2) is 39.3 Å². The fourth-order valence-corrected chi connectivity index (χ4v) is 2.68. The number of hydrogen-bond acceptors (Lipinski definition) is 2. The molecule has 2 N–H and O–H groups in total. The summed E-state index contributed by atoms with van der Waals surface area (Å²) in [6.07, 6.45) is 10.0. The number of ether oxygens (including phenoxy) is 1. The molecule has 19 heavy (non-hydrogen) atoms. The largest absolute Gasteiger partial charge is 0.381 e. The van der Waals surface area contributed by atoms with Crippen LogP contribution in [0.4, 0.5) is 0 Å². The van der Waals surface area contributed by atoms with Crippen molar-refractivity contribution in [2.45, 2.75) is 38.5 Å². The normalized spacial score (nSPS) is 24.2. The Labute approximate surface area is 116 Å². The van der Waals surface area contributed by atoms with Crippen LogP contribution in [0.3, 0.4) is 0 Å². The molecule has 0 radical (unpaired) electrons. The first-order chi connectivity index (χ1) is 9.38. The summed E-state index contributed by atoms with van der Waals surface area (Å²) in [6, 6.07) is 0. The molecular weight excluding hydrogens is 238 g/mol. The summed E-state index contributed by atoms with van der Waals surface area (Å²) >= 11 is 0. The predicted octanol–water partition coefficient (Wildman–Crippen LogP) is 2.08. The maximum Gasteiger partial charge on any atom is 0.190 e. The van der Waals surface area contributed by atoms with Gasteiger partial charge in [-0.25, -0.2) is 0 Å². The highest BCUT2D eigenvalue weighted by atomic mass is 16.5. The minimum absolute atomic E-state index is 0.639. The van der Waals surface area contributed by atoms with E-state index in [-0.39, 0.29) is 0 Å². The van der Waals surface area contributed by atoms with Crippen molar-refractivity contribution in [1.82, 2.24) is 10.6 Å². The third kappa shape index (κ3) is 5.23. The third-order valence-corrected chi connectivity index (χ3v) is 3.93. The molecule has 2 rings (SSSR count). The summed E-state index contributed by atoms with van der Waals surface area (Å²) in [5, 5.41) is 6.79. The molecule has 2 aliphatic rings. The highest BCUT2D eigenvalue weighted by molar-refractivity contribution is 5.79. The fourth-order valence-electron chi connectivity index (χ4n) is 2.68. The van der Waals surface area contributed by atoms with E-state index in [1.807, 2.05) is 7.05 Å². The molecule has 0 saturated carbocycles. The van der Waals surface area contributed by atoms with E-state index in [2.05, 4.69) is 21.7 Å². The Morgan fingerprint density at radius 3 is 3.05 bits per heavy atom. The van der Waals surface area contributed by atoms with Gasteiger partial charge in [-0.15, -0.1) is 0 Å². The lowest BCUT2D eigenvalue weighted by atomic mass is 9.97. The number of nitrogens with zero attached hydrogens (tertiary/aromatic N) is 1. The zero-order chi connectivity index (χ0) is 13.3. The standard InChI is InChI=1S/C15H27N3O/c1-16-15(18-11-14-8-10-19-12-14)17-9-7-13-5-3-2-4-6-13/h5,14H,2-4,6-12H2,1H3,(H2,16,17,18). The molecule has 1 unspecified atom stereocenters. The van der Waals surface area contributed by atoms with Crippen LogP contribution in [0.25, 0.3) is 0 Å². The molecule has 108 valence electrons. The van der Waals surface area contributed by atoms with Gasteiger partial charge in [0.1, 0.15) is 0 Å². The number of hydrogen-bond donors (Lipinski definition) is 2. The summed E-state index contributed by atoms with van der Waals surface area (Å²) < 4.78 is 5.38. The monoisotopic (exact) mass is 265 g/mol. The number of aliphatic imine (C=N–C) groups is 1. The molecule has 1 atom stereocenters. The highest BCUT2D eigenvalue weighted by Gasteiger charge is 2.15. The maximum atomic E-state index is 5.38. The van der Waals surface area contributed by atoms with Crippen molar-refractivity contribution >= 4 is 5.96 Å². The van der Waals surface area contributed by atoms with E-state index in [4.69, 9.17) is 4.74 Å². The molecule has 1 heterocycles. The zero-order valence-electron chi connectivity index (χ0n) is 12.1. The predicted molar refractivity (Wildman–Crippen MR) is 79.5 cm³/mol. The van der Waals surface area contributed by atoms with Crippen molar-refractivity contribution < 1.29 is 4.74 Å². The molecule has 4 heteroatoms. The van der Waals surface area contributed by atoms with Gasteiger partial charge >= 0.3 is 0 Å². The van der Waals surface area contributed by atoms with Crippen LogP contribution in [0, 0.1) is 5.92 Å². The van der Waals surface area contributed by atoms with E-state index >= 15 is 0 Å². The first-order valence-electron chi connectivity index (χ1n) is 7.58. The van der Waals surface area contributed by atoms with Gasteiger partial charge in [0.2, 0.25) is 0 Å². The van der Waals surface area contributed by atoms with Gasteiger partial charge in [-0.3, -0.25) is 4.99 Å². The quantitative estimate of drug-likeness (QED) is 0.454. The van der Waals surface area contributed by atoms with Crippen molar-refractivity contribution in [1.29, 1.82) is 0 Å². The Kier molecular flexibility index (Phi) is 6.21. The average Bonchev–Trinajstić information content (AvgIpc) is 2.97. The van der Waals surface area contributed by atoms with Crippen molar-refractivity contribution in [3.63, 3.8) is 0 Å². The van der Waals surface area contributed by atoms with Gasteiger partial charge in [-0.1, -0.05) is 11.6 Å². The molecule has 4 nitrogen and oxygen atoms in total. The topological polar surface area (TPSA) is 45.7 Å². The molecule has 1 aliphatic carbocycles. The highest BCUT2D eigenvalue weighted by Crippen LogP contribution is 2.19. The van der Waals surface area contributed by atoms with E-state index in [1.165, 1.54) is 25.7 Å².